The minimum Gasteiger partial charge on any atom is -0.309 e. The third-order valence-electron chi connectivity index (χ3n) is 4.82. The Bertz CT molecular complexity index is 921. The molecule has 2 heterocycles. The highest BCUT2D eigenvalue weighted by Gasteiger charge is 2.25. The molecule has 1 aromatic heterocycles. The largest absolute Gasteiger partial charge is 0.309 e. The maximum Gasteiger partial charge on any atom is 0.257 e. The molecule has 1 aliphatic heterocycles. The lowest BCUT2D eigenvalue weighted by Gasteiger charge is -2.29. The Morgan fingerprint density at radius 1 is 1.32 bits per heavy atom. The highest BCUT2D eigenvalue weighted by Crippen LogP contribution is 2.31. The first-order valence-corrected chi connectivity index (χ1v) is 9.60. The molecule has 0 bridgehead atoms. The summed E-state index contributed by atoms with van der Waals surface area (Å²) in [5.74, 6) is 0.337. The maximum absolute atomic E-state index is 13.0. The van der Waals surface area contributed by atoms with Gasteiger partial charge in [0.25, 0.3) is 5.91 Å². The van der Waals surface area contributed by atoms with Gasteiger partial charge in [0, 0.05) is 30.9 Å². The van der Waals surface area contributed by atoms with Crippen LogP contribution in [-0.2, 0) is 24.7 Å². The smallest absolute Gasteiger partial charge is 0.257 e. The van der Waals surface area contributed by atoms with Crippen molar-refractivity contribution in [2.45, 2.75) is 40.0 Å². The van der Waals surface area contributed by atoms with E-state index in [-0.39, 0.29) is 17.2 Å². The summed E-state index contributed by atoms with van der Waals surface area (Å²) in [4.78, 5) is 26.9. The monoisotopic (exact) mass is 380 g/mol. The lowest BCUT2D eigenvalue weighted by atomic mass is 9.91. The summed E-state index contributed by atoms with van der Waals surface area (Å²) >= 11 is 0. The first-order chi connectivity index (χ1) is 13.2. The van der Waals surface area contributed by atoms with E-state index in [1.165, 1.54) is 6.08 Å². The van der Waals surface area contributed by atoms with Gasteiger partial charge in [0.2, 0.25) is 5.91 Å². The molecule has 3 rings (SSSR count). The van der Waals surface area contributed by atoms with Crippen LogP contribution >= 0.6 is 0 Å². The molecule has 0 fully saturated rings. The lowest BCUT2D eigenvalue weighted by molar-refractivity contribution is -0.114. The molecular weight excluding hydrogens is 352 g/mol. The number of aryl methyl sites for hydroxylation is 1. The normalized spacial score (nSPS) is 13.8. The number of anilines is 2. The molecule has 148 valence electrons. The van der Waals surface area contributed by atoms with Crippen molar-refractivity contribution >= 4 is 23.3 Å². The van der Waals surface area contributed by atoms with Gasteiger partial charge in [-0.3, -0.25) is 14.3 Å². The Balaban J connectivity index is 1.87. The standard InChI is InChI=1S/C22H28N4O2/c1-6-20(27)26-12-8-10-16-17(9-7-11-18(16)26)21(28)23-19-13-15(24-25(19)5)14-22(2,3)4/h6-7,9,11,13H,1,8,10,12,14H2,2-5H3,(H,23,28). The first kappa shape index (κ1) is 19.9. The van der Waals surface area contributed by atoms with Gasteiger partial charge >= 0.3 is 0 Å². The zero-order valence-electron chi connectivity index (χ0n) is 17.1. The molecule has 0 atom stereocenters. The molecule has 0 saturated heterocycles. The van der Waals surface area contributed by atoms with E-state index in [2.05, 4.69) is 37.8 Å². The van der Waals surface area contributed by atoms with E-state index in [0.717, 1.165) is 36.2 Å². The molecule has 0 saturated carbocycles. The third kappa shape index (κ3) is 4.16. The SMILES string of the molecule is C=CC(=O)N1CCCc2c(C(=O)Nc3cc(CC(C)(C)C)nn3C)cccc21. The second-order valence-corrected chi connectivity index (χ2v) is 8.44. The molecule has 0 radical (unpaired) electrons. The van der Waals surface area contributed by atoms with Crippen LogP contribution in [0.2, 0.25) is 0 Å². The number of benzene rings is 1. The van der Waals surface area contributed by atoms with Crippen LogP contribution in [0.3, 0.4) is 0 Å². The molecular formula is C22H28N4O2. The number of carbonyl (C=O) groups is 2. The Hall–Kier alpha value is -2.89. The van der Waals surface area contributed by atoms with Crippen molar-refractivity contribution in [2.24, 2.45) is 12.5 Å². The lowest BCUT2D eigenvalue weighted by Crippen LogP contribution is -2.35. The van der Waals surface area contributed by atoms with E-state index in [1.807, 2.05) is 31.3 Å². The number of hydrogen-bond donors (Lipinski definition) is 1. The molecule has 2 aromatic rings. The van der Waals surface area contributed by atoms with Gasteiger partial charge in [0.15, 0.2) is 0 Å². The number of nitrogens with one attached hydrogen (secondary N) is 1. The van der Waals surface area contributed by atoms with Crippen molar-refractivity contribution in [2.75, 3.05) is 16.8 Å². The fraction of sp³-hybridized carbons (Fsp3) is 0.409. The summed E-state index contributed by atoms with van der Waals surface area (Å²) in [6, 6.07) is 7.43. The Labute approximate surface area is 166 Å². The molecule has 0 spiro atoms. The predicted octanol–water partition coefficient (Wildman–Crippen LogP) is 3.73. The van der Waals surface area contributed by atoms with E-state index in [4.69, 9.17) is 0 Å². The minimum absolute atomic E-state index is 0.120. The van der Waals surface area contributed by atoms with E-state index in [9.17, 15) is 9.59 Å². The summed E-state index contributed by atoms with van der Waals surface area (Å²) in [5.41, 5.74) is 3.36. The summed E-state index contributed by atoms with van der Waals surface area (Å²) < 4.78 is 1.70. The van der Waals surface area contributed by atoms with Gasteiger partial charge in [0.1, 0.15) is 5.82 Å². The van der Waals surface area contributed by atoms with Gasteiger partial charge in [0.05, 0.1) is 5.69 Å². The number of fused-ring (bicyclic) bond motifs is 1. The molecule has 28 heavy (non-hydrogen) atoms. The van der Waals surface area contributed by atoms with Crippen molar-refractivity contribution in [3.63, 3.8) is 0 Å². The second kappa shape index (κ2) is 7.62. The number of hydrogen-bond acceptors (Lipinski definition) is 3. The highest BCUT2D eigenvalue weighted by atomic mass is 16.2. The maximum atomic E-state index is 13.0. The first-order valence-electron chi connectivity index (χ1n) is 9.60. The van der Waals surface area contributed by atoms with Gasteiger partial charge in [-0.05, 0) is 48.4 Å². The number of amides is 2. The zero-order chi connectivity index (χ0) is 20.5. The van der Waals surface area contributed by atoms with Crippen LogP contribution in [-0.4, -0.2) is 28.1 Å². The van der Waals surface area contributed by atoms with Crippen molar-refractivity contribution in [3.8, 4) is 0 Å². The van der Waals surface area contributed by atoms with Crippen LogP contribution in [0.5, 0.6) is 0 Å². The van der Waals surface area contributed by atoms with Crippen molar-refractivity contribution in [1.82, 2.24) is 9.78 Å². The number of rotatable bonds is 4. The molecule has 6 nitrogen and oxygen atoms in total. The van der Waals surface area contributed by atoms with Crippen molar-refractivity contribution < 1.29 is 9.59 Å². The molecule has 0 aliphatic carbocycles. The fourth-order valence-electron chi connectivity index (χ4n) is 3.63. The Kier molecular flexibility index (Phi) is 5.40. The Morgan fingerprint density at radius 3 is 2.75 bits per heavy atom. The van der Waals surface area contributed by atoms with Crippen molar-refractivity contribution in [1.29, 1.82) is 0 Å². The summed E-state index contributed by atoms with van der Waals surface area (Å²) in [6.45, 7) is 10.7. The summed E-state index contributed by atoms with van der Waals surface area (Å²) in [6.07, 6.45) is 3.73. The van der Waals surface area contributed by atoms with E-state index in [0.29, 0.717) is 17.9 Å². The molecule has 1 aliphatic rings. The molecule has 1 aromatic carbocycles. The minimum atomic E-state index is -0.185. The van der Waals surface area contributed by atoms with Crippen LogP contribution < -0.4 is 10.2 Å². The van der Waals surface area contributed by atoms with Crippen LogP contribution in [0.4, 0.5) is 11.5 Å². The van der Waals surface area contributed by atoms with Gasteiger partial charge in [-0.1, -0.05) is 33.4 Å². The van der Waals surface area contributed by atoms with E-state index < -0.39 is 0 Å². The predicted molar refractivity (Wildman–Crippen MR) is 112 cm³/mol. The number of aromatic nitrogens is 2. The van der Waals surface area contributed by atoms with Gasteiger partial charge in [-0.25, -0.2) is 0 Å². The Morgan fingerprint density at radius 2 is 2.07 bits per heavy atom. The zero-order valence-corrected chi connectivity index (χ0v) is 17.1. The highest BCUT2D eigenvalue weighted by molar-refractivity contribution is 6.08. The van der Waals surface area contributed by atoms with Crippen LogP contribution in [0.25, 0.3) is 0 Å². The van der Waals surface area contributed by atoms with Crippen LogP contribution in [0.15, 0.2) is 36.9 Å². The molecule has 0 unspecified atom stereocenters. The number of nitrogens with zero attached hydrogens (tertiary/aromatic N) is 3. The topological polar surface area (TPSA) is 67.2 Å². The number of carbonyl (C=O) groups excluding carboxylic acids is 2. The average Bonchev–Trinajstić information content (AvgIpc) is 2.96. The van der Waals surface area contributed by atoms with E-state index >= 15 is 0 Å². The third-order valence-corrected chi connectivity index (χ3v) is 4.82. The van der Waals surface area contributed by atoms with Gasteiger partial charge < -0.3 is 10.2 Å². The second-order valence-electron chi connectivity index (χ2n) is 8.44. The fourth-order valence-corrected chi connectivity index (χ4v) is 3.63. The van der Waals surface area contributed by atoms with Crippen LogP contribution in [0.1, 0.15) is 48.8 Å². The van der Waals surface area contributed by atoms with Crippen molar-refractivity contribution in [3.05, 3.63) is 53.7 Å². The van der Waals surface area contributed by atoms with Gasteiger partial charge in [-0.2, -0.15) is 5.10 Å². The molecule has 6 heteroatoms. The van der Waals surface area contributed by atoms with Gasteiger partial charge in [-0.15, -0.1) is 0 Å². The average molecular weight is 380 g/mol. The molecule has 2 amide bonds. The molecule has 1 N–H and O–H groups in total. The summed E-state index contributed by atoms with van der Waals surface area (Å²) in [5, 5.41) is 7.49. The summed E-state index contributed by atoms with van der Waals surface area (Å²) in [7, 11) is 1.83. The quantitative estimate of drug-likeness (QED) is 0.822. The van der Waals surface area contributed by atoms with Crippen LogP contribution in [0, 0.1) is 5.41 Å². The van der Waals surface area contributed by atoms with E-state index in [1.54, 1.807) is 9.58 Å².